The predicted octanol–water partition coefficient (Wildman–Crippen LogP) is 1.48. The number of amides is 3. The number of rotatable bonds is 2. The average Bonchev–Trinajstić information content (AvgIpc) is 3.24. The Kier molecular flexibility index (Phi) is 5.77. The predicted molar refractivity (Wildman–Crippen MR) is 103 cm³/mol. The number of carbonyl (C=O) groups is 2. The van der Waals surface area contributed by atoms with Crippen LogP contribution in [0.1, 0.15) is 37.3 Å². The van der Waals surface area contributed by atoms with Crippen LogP contribution in [0.2, 0.25) is 0 Å². The highest BCUT2D eigenvalue weighted by atomic mass is 19.1. The molecule has 0 aliphatic carbocycles. The molecule has 2 unspecified atom stereocenters. The number of likely N-dealkylation sites (tertiary alicyclic amines) is 1. The standard InChI is InChI=1S/C20H28FN5O2/c21-16-6-4-15(5-7-16)17-14-18(23-22-17)19(27)24-10-12-26(13-11-24)20(28)25-8-2-1-3-9-25/h4-7,17-18,22-23H,1-3,8-14H2. The van der Waals surface area contributed by atoms with Crippen molar-refractivity contribution in [3.8, 4) is 0 Å². The Hall–Kier alpha value is -2.19. The average molecular weight is 389 g/mol. The molecule has 28 heavy (non-hydrogen) atoms. The number of hydrogen-bond acceptors (Lipinski definition) is 4. The van der Waals surface area contributed by atoms with Gasteiger partial charge in [0.1, 0.15) is 11.9 Å². The summed E-state index contributed by atoms with van der Waals surface area (Å²) in [6, 6.07) is 6.15. The topological polar surface area (TPSA) is 67.9 Å². The van der Waals surface area contributed by atoms with Crippen molar-refractivity contribution in [1.29, 1.82) is 0 Å². The second kappa shape index (κ2) is 8.45. The van der Waals surface area contributed by atoms with Gasteiger partial charge in [-0.25, -0.2) is 20.0 Å². The Morgan fingerprint density at radius 1 is 0.821 bits per heavy atom. The summed E-state index contributed by atoms with van der Waals surface area (Å²) in [4.78, 5) is 31.1. The van der Waals surface area contributed by atoms with Gasteiger partial charge in [-0.15, -0.1) is 0 Å². The summed E-state index contributed by atoms with van der Waals surface area (Å²) >= 11 is 0. The zero-order valence-electron chi connectivity index (χ0n) is 16.1. The van der Waals surface area contributed by atoms with Gasteiger partial charge in [0.15, 0.2) is 0 Å². The number of halogens is 1. The third-order valence-electron chi connectivity index (χ3n) is 5.96. The molecule has 1 aromatic rings. The van der Waals surface area contributed by atoms with Gasteiger partial charge in [0, 0.05) is 45.3 Å². The molecule has 3 amide bonds. The van der Waals surface area contributed by atoms with E-state index in [-0.39, 0.29) is 29.8 Å². The summed E-state index contributed by atoms with van der Waals surface area (Å²) < 4.78 is 13.1. The molecule has 2 atom stereocenters. The summed E-state index contributed by atoms with van der Waals surface area (Å²) in [7, 11) is 0. The summed E-state index contributed by atoms with van der Waals surface area (Å²) in [6.45, 7) is 4.00. The lowest BCUT2D eigenvalue weighted by molar-refractivity contribution is -0.134. The van der Waals surface area contributed by atoms with Gasteiger partial charge in [-0.05, 0) is 43.4 Å². The van der Waals surface area contributed by atoms with E-state index >= 15 is 0 Å². The van der Waals surface area contributed by atoms with E-state index in [4.69, 9.17) is 0 Å². The maximum absolute atomic E-state index is 13.1. The van der Waals surface area contributed by atoms with Crippen molar-refractivity contribution in [3.05, 3.63) is 35.6 Å². The number of hydrazine groups is 1. The molecular formula is C20H28FN5O2. The Labute approximate surface area is 164 Å². The number of piperazine rings is 1. The molecule has 0 aromatic heterocycles. The first-order valence-electron chi connectivity index (χ1n) is 10.2. The van der Waals surface area contributed by atoms with Crippen LogP contribution in [0, 0.1) is 5.82 Å². The van der Waals surface area contributed by atoms with Crippen LogP contribution in [0.4, 0.5) is 9.18 Å². The molecule has 3 heterocycles. The van der Waals surface area contributed by atoms with Crippen LogP contribution < -0.4 is 10.9 Å². The fraction of sp³-hybridized carbons (Fsp3) is 0.600. The Morgan fingerprint density at radius 2 is 1.43 bits per heavy atom. The molecule has 0 saturated carbocycles. The van der Waals surface area contributed by atoms with Gasteiger partial charge >= 0.3 is 6.03 Å². The van der Waals surface area contributed by atoms with Gasteiger partial charge in [0.2, 0.25) is 5.91 Å². The van der Waals surface area contributed by atoms with Gasteiger partial charge in [0.05, 0.1) is 0 Å². The molecule has 3 aliphatic heterocycles. The molecule has 4 rings (SSSR count). The minimum Gasteiger partial charge on any atom is -0.338 e. The lowest BCUT2D eigenvalue weighted by Gasteiger charge is -2.39. The van der Waals surface area contributed by atoms with Crippen LogP contribution in [0.25, 0.3) is 0 Å². The number of benzene rings is 1. The molecule has 3 fully saturated rings. The maximum Gasteiger partial charge on any atom is 0.320 e. The Balaban J connectivity index is 1.27. The normalized spacial score (nSPS) is 25.8. The summed E-state index contributed by atoms with van der Waals surface area (Å²) in [5.41, 5.74) is 7.18. The van der Waals surface area contributed by atoms with Crippen LogP contribution in [0.5, 0.6) is 0 Å². The number of piperidine rings is 1. The third-order valence-corrected chi connectivity index (χ3v) is 5.96. The van der Waals surface area contributed by atoms with E-state index < -0.39 is 0 Å². The van der Waals surface area contributed by atoms with Crippen LogP contribution in [0.3, 0.4) is 0 Å². The fourth-order valence-electron chi connectivity index (χ4n) is 4.26. The molecule has 3 saturated heterocycles. The van der Waals surface area contributed by atoms with Crippen molar-refractivity contribution in [3.63, 3.8) is 0 Å². The van der Waals surface area contributed by atoms with Crippen LogP contribution in [-0.4, -0.2) is 71.9 Å². The second-order valence-electron chi connectivity index (χ2n) is 7.82. The van der Waals surface area contributed by atoms with Gasteiger partial charge in [-0.2, -0.15) is 0 Å². The first kappa shape index (κ1) is 19.1. The van der Waals surface area contributed by atoms with Crippen molar-refractivity contribution < 1.29 is 14.0 Å². The molecule has 0 bridgehead atoms. The van der Waals surface area contributed by atoms with E-state index in [1.807, 2.05) is 14.7 Å². The summed E-state index contributed by atoms with van der Waals surface area (Å²) in [5, 5.41) is 0. The molecule has 0 radical (unpaired) electrons. The number of carbonyl (C=O) groups excluding carboxylic acids is 2. The van der Waals surface area contributed by atoms with Crippen molar-refractivity contribution in [1.82, 2.24) is 25.6 Å². The third kappa shape index (κ3) is 4.12. The van der Waals surface area contributed by atoms with Crippen molar-refractivity contribution in [2.45, 2.75) is 37.8 Å². The lowest BCUT2D eigenvalue weighted by atomic mass is 10.0. The lowest BCUT2D eigenvalue weighted by Crippen LogP contribution is -2.57. The van der Waals surface area contributed by atoms with E-state index in [0.717, 1.165) is 31.5 Å². The van der Waals surface area contributed by atoms with E-state index in [1.165, 1.54) is 18.6 Å². The summed E-state index contributed by atoms with van der Waals surface area (Å²) in [5.74, 6) is -0.207. The molecule has 152 valence electrons. The first-order valence-corrected chi connectivity index (χ1v) is 10.2. The van der Waals surface area contributed by atoms with E-state index in [1.54, 1.807) is 12.1 Å². The minimum atomic E-state index is -0.306. The van der Waals surface area contributed by atoms with Gasteiger partial charge in [-0.3, -0.25) is 4.79 Å². The molecule has 0 spiro atoms. The zero-order chi connectivity index (χ0) is 19.5. The highest BCUT2D eigenvalue weighted by Crippen LogP contribution is 2.24. The largest absolute Gasteiger partial charge is 0.338 e. The Bertz CT molecular complexity index is 699. The number of hydrogen-bond donors (Lipinski definition) is 2. The van der Waals surface area contributed by atoms with E-state index in [2.05, 4.69) is 10.9 Å². The maximum atomic E-state index is 13.1. The number of urea groups is 1. The first-order chi connectivity index (χ1) is 13.6. The summed E-state index contributed by atoms with van der Waals surface area (Å²) in [6.07, 6.45) is 3.99. The van der Waals surface area contributed by atoms with Crippen molar-refractivity contribution in [2.75, 3.05) is 39.3 Å². The molecule has 7 nitrogen and oxygen atoms in total. The van der Waals surface area contributed by atoms with Crippen LogP contribution in [-0.2, 0) is 4.79 Å². The Morgan fingerprint density at radius 3 is 2.11 bits per heavy atom. The monoisotopic (exact) mass is 389 g/mol. The fourth-order valence-corrected chi connectivity index (χ4v) is 4.26. The second-order valence-corrected chi connectivity index (χ2v) is 7.82. The molecule has 2 N–H and O–H groups in total. The van der Waals surface area contributed by atoms with Crippen LogP contribution >= 0.6 is 0 Å². The van der Waals surface area contributed by atoms with Crippen LogP contribution in [0.15, 0.2) is 24.3 Å². The molecule has 1 aromatic carbocycles. The highest BCUT2D eigenvalue weighted by molar-refractivity contribution is 5.83. The quantitative estimate of drug-likeness (QED) is 0.804. The smallest absolute Gasteiger partial charge is 0.320 e. The highest BCUT2D eigenvalue weighted by Gasteiger charge is 2.35. The number of nitrogens with one attached hydrogen (secondary N) is 2. The van der Waals surface area contributed by atoms with Gasteiger partial charge in [0.25, 0.3) is 0 Å². The van der Waals surface area contributed by atoms with E-state index in [0.29, 0.717) is 32.6 Å². The van der Waals surface area contributed by atoms with Crippen molar-refractivity contribution in [2.24, 2.45) is 0 Å². The molecule has 3 aliphatic rings. The minimum absolute atomic E-state index is 0.0171. The molecular weight excluding hydrogens is 361 g/mol. The molecule has 8 heteroatoms. The van der Waals surface area contributed by atoms with Gasteiger partial charge < -0.3 is 14.7 Å². The van der Waals surface area contributed by atoms with Crippen molar-refractivity contribution >= 4 is 11.9 Å². The number of nitrogens with zero attached hydrogens (tertiary/aromatic N) is 3. The SMILES string of the molecule is O=C(C1CC(c2ccc(F)cc2)NN1)N1CCN(C(=O)N2CCCCC2)CC1. The van der Waals surface area contributed by atoms with Gasteiger partial charge in [-0.1, -0.05) is 12.1 Å². The van der Waals surface area contributed by atoms with E-state index in [9.17, 15) is 14.0 Å². The zero-order valence-corrected chi connectivity index (χ0v) is 16.1.